The van der Waals surface area contributed by atoms with Crippen molar-refractivity contribution in [3.05, 3.63) is 180 Å². The summed E-state index contributed by atoms with van der Waals surface area (Å²) in [5, 5.41) is 0. The van der Waals surface area contributed by atoms with E-state index in [1.165, 1.54) is 12.8 Å². The van der Waals surface area contributed by atoms with Gasteiger partial charge in [0.05, 0.1) is 24.3 Å². The molecule has 8 aliphatic rings. The molecule has 2 atom stereocenters. The number of esters is 2. The van der Waals surface area contributed by atoms with Crippen LogP contribution in [0.25, 0.3) is 22.3 Å². The van der Waals surface area contributed by atoms with Gasteiger partial charge in [0.25, 0.3) is 0 Å². The summed E-state index contributed by atoms with van der Waals surface area (Å²) in [5.41, 5.74) is 6.14. The fourth-order valence-corrected chi connectivity index (χ4v) is 6.64. The average molecular weight is 717 g/mol. The molecule has 0 spiro atoms. The summed E-state index contributed by atoms with van der Waals surface area (Å²) in [6.07, 6.45) is 4.81. The van der Waals surface area contributed by atoms with E-state index in [2.05, 4.69) is 0 Å². The van der Waals surface area contributed by atoms with Crippen molar-refractivity contribution in [1.82, 2.24) is 0 Å². The zero-order chi connectivity index (χ0) is 37.0. The van der Waals surface area contributed by atoms with Crippen molar-refractivity contribution in [2.24, 2.45) is 0 Å². The van der Waals surface area contributed by atoms with E-state index in [0.29, 0.717) is 35.5 Å². The molecule has 8 aliphatic heterocycles. The Labute approximate surface area is 317 Å². The second-order valence-corrected chi connectivity index (χ2v) is 13.5. The molecule has 8 heterocycles. The summed E-state index contributed by atoms with van der Waals surface area (Å²) in [4.78, 5) is 27.6. The predicted octanol–water partition coefficient (Wildman–Crippen LogP) is 11.6. The van der Waals surface area contributed by atoms with Gasteiger partial charge in [-0.15, -0.1) is 0 Å². The van der Waals surface area contributed by atoms with Crippen molar-refractivity contribution in [3.8, 4) is 33.8 Å². The lowest BCUT2D eigenvalue weighted by Gasteiger charge is -2.28. The minimum Gasteiger partial charge on any atom is -0.494 e. The Morgan fingerprint density at radius 3 is 0.981 bits per heavy atom. The second kappa shape index (κ2) is 18.1. The van der Waals surface area contributed by atoms with E-state index in [9.17, 15) is 9.59 Å². The molecule has 0 aromatic heterocycles. The van der Waals surface area contributed by atoms with Crippen LogP contribution in [-0.2, 0) is 9.47 Å². The van der Waals surface area contributed by atoms with E-state index in [-0.39, 0.29) is 0 Å². The van der Waals surface area contributed by atoms with Crippen LogP contribution in [0, 0.1) is 0 Å². The molecule has 14 rings (SSSR count). The molecular formula is C48H44O6. The van der Waals surface area contributed by atoms with Gasteiger partial charge in [-0.25, -0.2) is 9.59 Å². The van der Waals surface area contributed by atoms with Crippen LogP contribution in [0.5, 0.6) is 11.5 Å². The van der Waals surface area contributed by atoms with Crippen LogP contribution in [0.1, 0.15) is 82.6 Å². The van der Waals surface area contributed by atoms with Gasteiger partial charge in [0.1, 0.15) is 11.5 Å². The van der Waals surface area contributed by atoms with E-state index < -0.39 is 24.1 Å². The van der Waals surface area contributed by atoms with Crippen molar-refractivity contribution in [3.63, 3.8) is 0 Å². The molecule has 6 aromatic rings. The van der Waals surface area contributed by atoms with Gasteiger partial charge in [-0.05, 0) is 94.8 Å². The van der Waals surface area contributed by atoms with Crippen molar-refractivity contribution in [1.29, 1.82) is 0 Å². The molecule has 54 heavy (non-hydrogen) atoms. The maximum Gasteiger partial charge on any atom is 0.338 e. The number of benzene rings is 6. The lowest BCUT2D eigenvalue weighted by molar-refractivity contribution is -0.0388. The largest absolute Gasteiger partial charge is 0.494 e. The summed E-state index contributed by atoms with van der Waals surface area (Å²) in [6, 6.07) is 49.5. The SMILES string of the molecule is O=C1O[C@H](c2ccccc2)[C@@H](c2ccccc2)OC(=O)c2ccc(cc2)-c2ccc(cc2)OCCCCCCCCOc2ccc(cc2)-c2ccc1cc2. The van der Waals surface area contributed by atoms with Crippen molar-refractivity contribution < 1.29 is 28.5 Å². The van der Waals surface area contributed by atoms with Crippen LogP contribution >= 0.6 is 0 Å². The van der Waals surface area contributed by atoms with Crippen LogP contribution in [0.4, 0.5) is 0 Å². The van der Waals surface area contributed by atoms with E-state index in [4.69, 9.17) is 18.9 Å². The number of rotatable bonds is 2. The minimum atomic E-state index is -0.925. The van der Waals surface area contributed by atoms with Gasteiger partial charge >= 0.3 is 11.9 Å². The molecule has 0 N–H and O–H groups in total. The fraction of sp³-hybridized carbons (Fsp3) is 0.208. The number of carbonyl (C=O) groups is 2. The standard InChI is InChI=1S/C48H44O6/c49-47-41-21-17-35(18-22-41)37-25-29-43(30-26-37)51-33-11-3-1-2-4-12-34-52-44-31-27-38(28-32-44)36-19-23-42(24-20-36)48(50)54-46(40-15-9-6-10-16-40)45(53-47)39-13-7-5-8-14-39/h5-10,13-32,45-46H,1-4,11-12,33-34H2/t45-,46-/m1/s1. The molecule has 6 heteroatoms. The molecule has 6 nitrogen and oxygen atoms in total. The molecule has 6 aromatic carbocycles. The highest BCUT2D eigenvalue weighted by Gasteiger charge is 2.33. The number of carbonyl (C=O) groups excluding carboxylic acids is 2. The summed E-state index contributed by atoms with van der Waals surface area (Å²) in [7, 11) is 0. The monoisotopic (exact) mass is 716 g/mol. The number of hydrogen-bond donors (Lipinski definition) is 0. The lowest BCUT2D eigenvalue weighted by Crippen LogP contribution is -2.23. The molecule has 0 saturated heterocycles. The third kappa shape index (κ3) is 9.44. The highest BCUT2D eigenvalue weighted by atomic mass is 16.6. The quantitative estimate of drug-likeness (QED) is 0.166. The Balaban J connectivity index is 1.17. The van der Waals surface area contributed by atoms with Crippen LogP contribution in [0.15, 0.2) is 158 Å². The second-order valence-electron chi connectivity index (χ2n) is 13.5. The molecule has 0 saturated carbocycles. The molecule has 0 radical (unpaired) electrons. The number of hydrogen-bond acceptors (Lipinski definition) is 6. The Hall–Kier alpha value is -6.14. The Morgan fingerprint density at radius 1 is 0.333 bits per heavy atom. The van der Waals surface area contributed by atoms with Crippen LogP contribution in [-0.4, -0.2) is 25.2 Å². The van der Waals surface area contributed by atoms with Crippen molar-refractivity contribution >= 4 is 11.9 Å². The molecule has 0 unspecified atom stereocenters. The maximum atomic E-state index is 13.8. The minimum absolute atomic E-state index is 0.388. The van der Waals surface area contributed by atoms with Crippen molar-refractivity contribution in [2.45, 2.75) is 50.7 Å². The first kappa shape index (κ1) is 36.2. The molecule has 272 valence electrons. The van der Waals surface area contributed by atoms with Gasteiger partial charge in [-0.2, -0.15) is 0 Å². The molecule has 0 aliphatic carbocycles. The summed E-state index contributed by atoms with van der Waals surface area (Å²) in [6.45, 7) is 1.38. The first-order valence-corrected chi connectivity index (χ1v) is 18.8. The molecule has 8 bridgehead atoms. The van der Waals surface area contributed by atoms with Gasteiger partial charge in [0, 0.05) is 0 Å². The molecular weight excluding hydrogens is 673 g/mol. The van der Waals surface area contributed by atoms with Gasteiger partial charge in [-0.1, -0.05) is 135 Å². The smallest absolute Gasteiger partial charge is 0.338 e. The third-order valence-corrected chi connectivity index (χ3v) is 9.69. The topological polar surface area (TPSA) is 71.1 Å². The fourth-order valence-electron chi connectivity index (χ4n) is 6.64. The van der Waals surface area contributed by atoms with E-state index in [0.717, 1.165) is 59.4 Å². The molecule has 0 fully saturated rings. The van der Waals surface area contributed by atoms with Gasteiger partial charge < -0.3 is 18.9 Å². The zero-order valence-electron chi connectivity index (χ0n) is 30.3. The van der Waals surface area contributed by atoms with E-state index in [1.807, 2.05) is 133 Å². The average Bonchev–Trinajstić information content (AvgIpc) is 3.23. The van der Waals surface area contributed by atoms with E-state index in [1.54, 1.807) is 24.3 Å². The Kier molecular flexibility index (Phi) is 12.1. The van der Waals surface area contributed by atoms with Gasteiger partial charge in [-0.3, -0.25) is 0 Å². The Bertz CT molecular complexity index is 1920. The normalized spacial score (nSPS) is 17.3. The van der Waals surface area contributed by atoms with Crippen LogP contribution < -0.4 is 9.47 Å². The number of ether oxygens (including phenoxy) is 4. The summed E-state index contributed by atoms with van der Waals surface area (Å²) in [5.74, 6) is 0.631. The van der Waals surface area contributed by atoms with Crippen molar-refractivity contribution in [2.75, 3.05) is 13.2 Å². The predicted molar refractivity (Wildman–Crippen MR) is 212 cm³/mol. The first-order chi connectivity index (χ1) is 26.6. The maximum absolute atomic E-state index is 13.8. The summed E-state index contributed by atoms with van der Waals surface area (Å²) < 4.78 is 24.5. The summed E-state index contributed by atoms with van der Waals surface area (Å²) >= 11 is 0. The van der Waals surface area contributed by atoms with Crippen LogP contribution in [0.2, 0.25) is 0 Å². The van der Waals surface area contributed by atoms with Gasteiger partial charge in [0.2, 0.25) is 0 Å². The molecule has 0 amide bonds. The third-order valence-electron chi connectivity index (χ3n) is 9.69. The highest BCUT2D eigenvalue weighted by molar-refractivity contribution is 5.91. The lowest BCUT2D eigenvalue weighted by atomic mass is 9.97. The zero-order valence-corrected chi connectivity index (χ0v) is 30.3. The van der Waals surface area contributed by atoms with E-state index >= 15 is 0 Å². The highest BCUT2D eigenvalue weighted by Crippen LogP contribution is 2.37. The van der Waals surface area contributed by atoms with Crippen LogP contribution in [0.3, 0.4) is 0 Å². The Morgan fingerprint density at radius 2 is 0.630 bits per heavy atom. The van der Waals surface area contributed by atoms with Gasteiger partial charge in [0.15, 0.2) is 12.2 Å². The first-order valence-electron chi connectivity index (χ1n) is 18.8.